The first-order chi connectivity index (χ1) is 8.35. The van der Waals surface area contributed by atoms with Crippen molar-refractivity contribution in [2.45, 2.75) is 44.9 Å². The molecular weight excluding hydrogens is 216 g/mol. The Bertz CT molecular complexity index is 374. The molecule has 1 atom stereocenters. The lowest BCUT2D eigenvalue weighted by atomic mass is 9.92. The van der Waals surface area contributed by atoms with Gasteiger partial charge in [0.1, 0.15) is 5.69 Å². The predicted molar refractivity (Wildman–Crippen MR) is 63.3 cm³/mol. The Labute approximate surface area is 101 Å². The normalized spacial score (nSPS) is 26.3. The van der Waals surface area contributed by atoms with Crippen molar-refractivity contribution in [2.24, 2.45) is 5.92 Å². The first-order valence-corrected chi connectivity index (χ1v) is 6.59. The first kappa shape index (κ1) is 11.2. The van der Waals surface area contributed by atoms with Gasteiger partial charge in [-0.25, -0.2) is 0 Å². The van der Waals surface area contributed by atoms with Crippen molar-refractivity contribution in [3.05, 3.63) is 11.9 Å². The Balaban J connectivity index is 1.52. The van der Waals surface area contributed by atoms with Crippen molar-refractivity contribution in [1.82, 2.24) is 19.9 Å². The molecule has 94 valence electrons. The van der Waals surface area contributed by atoms with Gasteiger partial charge in [0.15, 0.2) is 0 Å². The van der Waals surface area contributed by atoms with Crippen molar-refractivity contribution in [1.29, 1.82) is 0 Å². The van der Waals surface area contributed by atoms with Gasteiger partial charge in [-0.2, -0.15) is 0 Å². The van der Waals surface area contributed by atoms with Crippen LogP contribution in [-0.4, -0.2) is 44.1 Å². The number of nitrogens with zero attached hydrogens (tertiary/aromatic N) is 4. The van der Waals surface area contributed by atoms with Crippen LogP contribution in [0.5, 0.6) is 0 Å². The molecule has 0 radical (unpaired) electrons. The van der Waals surface area contributed by atoms with Gasteiger partial charge in [0.25, 0.3) is 0 Å². The largest absolute Gasteiger partial charge is 0.390 e. The quantitative estimate of drug-likeness (QED) is 0.833. The second kappa shape index (κ2) is 4.74. The van der Waals surface area contributed by atoms with E-state index in [2.05, 4.69) is 15.2 Å². The maximum atomic E-state index is 8.94. The fourth-order valence-electron chi connectivity index (χ4n) is 2.86. The van der Waals surface area contributed by atoms with Crippen LogP contribution in [0.4, 0.5) is 0 Å². The minimum Gasteiger partial charge on any atom is -0.390 e. The van der Waals surface area contributed by atoms with Gasteiger partial charge in [-0.05, 0) is 31.7 Å². The van der Waals surface area contributed by atoms with Crippen molar-refractivity contribution >= 4 is 0 Å². The smallest absolute Gasteiger partial charge is 0.108 e. The van der Waals surface area contributed by atoms with Crippen LogP contribution < -0.4 is 0 Å². The predicted octanol–water partition coefficient (Wildman–Crippen LogP) is 0.645. The zero-order valence-corrected chi connectivity index (χ0v) is 10.1. The van der Waals surface area contributed by atoms with E-state index in [-0.39, 0.29) is 6.61 Å². The monoisotopic (exact) mass is 236 g/mol. The molecule has 0 bridgehead atoms. The molecule has 5 nitrogen and oxygen atoms in total. The standard InChI is InChI=1S/C12H20N4O/c17-9-11-8-16(14-13-11)7-10-4-5-15(6-10)12-2-1-3-12/h8,10,12,17H,1-7,9H2/t10-/m0/s1. The van der Waals surface area contributed by atoms with E-state index in [0.717, 1.165) is 12.6 Å². The van der Waals surface area contributed by atoms with Crippen LogP contribution >= 0.6 is 0 Å². The van der Waals surface area contributed by atoms with E-state index in [4.69, 9.17) is 5.11 Å². The fraction of sp³-hybridized carbons (Fsp3) is 0.833. The molecule has 1 aromatic rings. The Morgan fingerprint density at radius 2 is 2.24 bits per heavy atom. The lowest BCUT2D eigenvalue weighted by Crippen LogP contribution is -2.38. The summed E-state index contributed by atoms with van der Waals surface area (Å²) in [5.41, 5.74) is 0.666. The summed E-state index contributed by atoms with van der Waals surface area (Å²) >= 11 is 0. The lowest BCUT2D eigenvalue weighted by molar-refractivity contribution is 0.151. The molecule has 0 spiro atoms. The van der Waals surface area contributed by atoms with Crippen LogP contribution in [-0.2, 0) is 13.2 Å². The van der Waals surface area contributed by atoms with Crippen LogP contribution in [0, 0.1) is 5.92 Å². The van der Waals surface area contributed by atoms with Gasteiger partial charge in [0, 0.05) is 19.1 Å². The van der Waals surface area contributed by atoms with E-state index >= 15 is 0 Å². The first-order valence-electron chi connectivity index (χ1n) is 6.59. The molecule has 17 heavy (non-hydrogen) atoms. The maximum absolute atomic E-state index is 8.94. The third-order valence-electron chi connectivity index (χ3n) is 4.10. The van der Waals surface area contributed by atoms with Crippen LogP contribution in [0.25, 0.3) is 0 Å². The summed E-state index contributed by atoms with van der Waals surface area (Å²) in [5, 5.41) is 16.9. The molecule has 3 rings (SSSR count). The maximum Gasteiger partial charge on any atom is 0.108 e. The average Bonchev–Trinajstić information content (AvgIpc) is 2.86. The fourth-order valence-corrected chi connectivity index (χ4v) is 2.86. The van der Waals surface area contributed by atoms with E-state index in [1.165, 1.54) is 38.8 Å². The molecule has 1 aliphatic carbocycles. The van der Waals surface area contributed by atoms with E-state index in [9.17, 15) is 0 Å². The second-order valence-electron chi connectivity index (χ2n) is 5.32. The van der Waals surface area contributed by atoms with Gasteiger partial charge in [-0.1, -0.05) is 11.6 Å². The Hall–Kier alpha value is -0.940. The van der Waals surface area contributed by atoms with Gasteiger partial charge in [-0.3, -0.25) is 4.68 Å². The van der Waals surface area contributed by atoms with E-state index in [0.29, 0.717) is 11.6 Å². The summed E-state index contributed by atoms with van der Waals surface area (Å²) in [6.45, 7) is 3.38. The number of aromatic nitrogens is 3. The molecule has 0 amide bonds. The summed E-state index contributed by atoms with van der Waals surface area (Å²) in [7, 11) is 0. The SMILES string of the molecule is OCc1cn(C[C@H]2CCN(C3CCC3)C2)nn1. The molecule has 0 unspecified atom stereocenters. The highest BCUT2D eigenvalue weighted by atomic mass is 16.3. The molecule has 2 aliphatic rings. The topological polar surface area (TPSA) is 54.2 Å². The highest BCUT2D eigenvalue weighted by Crippen LogP contribution is 2.30. The van der Waals surface area contributed by atoms with Gasteiger partial charge < -0.3 is 10.0 Å². The van der Waals surface area contributed by atoms with Crippen molar-refractivity contribution in [2.75, 3.05) is 13.1 Å². The van der Waals surface area contributed by atoms with E-state index in [1.807, 2.05) is 10.9 Å². The minimum atomic E-state index is -0.0150. The Kier molecular flexibility index (Phi) is 3.11. The third kappa shape index (κ3) is 2.35. The van der Waals surface area contributed by atoms with E-state index in [1.54, 1.807) is 0 Å². The van der Waals surface area contributed by atoms with Gasteiger partial charge in [0.05, 0.1) is 12.8 Å². The summed E-state index contributed by atoms with van der Waals surface area (Å²) in [6, 6.07) is 0.865. The number of hydrogen-bond acceptors (Lipinski definition) is 4. The molecule has 1 N–H and O–H groups in total. The highest BCUT2D eigenvalue weighted by Gasteiger charge is 2.31. The lowest BCUT2D eigenvalue weighted by Gasteiger charge is -2.34. The summed E-state index contributed by atoms with van der Waals surface area (Å²) < 4.78 is 1.88. The van der Waals surface area contributed by atoms with Gasteiger partial charge >= 0.3 is 0 Å². The number of rotatable bonds is 4. The second-order valence-corrected chi connectivity index (χ2v) is 5.32. The molecule has 1 aliphatic heterocycles. The molecule has 1 saturated heterocycles. The molecule has 1 aromatic heterocycles. The average molecular weight is 236 g/mol. The summed E-state index contributed by atoms with van der Waals surface area (Å²) in [4.78, 5) is 2.64. The van der Waals surface area contributed by atoms with Crippen molar-refractivity contribution in [3.63, 3.8) is 0 Å². The molecule has 5 heteroatoms. The molecule has 2 heterocycles. The van der Waals surface area contributed by atoms with Gasteiger partial charge in [-0.15, -0.1) is 5.10 Å². The Morgan fingerprint density at radius 1 is 1.35 bits per heavy atom. The molecule has 2 fully saturated rings. The van der Waals surface area contributed by atoms with Crippen molar-refractivity contribution in [3.8, 4) is 0 Å². The van der Waals surface area contributed by atoms with Crippen LogP contribution in [0.3, 0.4) is 0 Å². The number of likely N-dealkylation sites (tertiary alicyclic amines) is 1. The molecule has 1 saturated carbocycles. The van der Waals surface area contributed by atoms with Crippen LogP contribution in [0.2, 0.25) is 0 Å². The highest BCUT2D eigenvalue weighted by molar-refractivity contribution is 4.90. The molecular formula is C12H20N4O. The Morgan fingerprint density at radius 3 is 2.88 bits per heavy atom. The minimum absolute atomic E-state index is 0.0150. The molecule has 0 aromatic carbocycles. The number of aliphatic hydroxyl groups excluding tert-OH is 1. The van der Waals surface area contributed by atoms with E-state index < -0.39 is 0 Å². The third-order valence-corrected chi connectivity index (χ3v) is 4.10. The zero-order chi connectivity index (χ0) is 11.7. The van der Waals surface area contributed by atoms with Crippen LogP contribution in [0.15, 0.2) is 6.20 Å². The van der Waals surface area contributed by atoms with Crippen LogP contribution in [0.1, 0.15) is 31.4 Å². The number of hydrogen-bond donors (Lipinski definition) is 1. The number of aliphatic hydroxyl groups is 1. The zero-order valence-electron chi connectivity index (χ0n) is 10.1. The van der Waals surface area contributed by atoms with Crippen molar-refractivity contribution < 1.29 is 5.11 Å². The summed E-state index contributed by atoms with van der Waals surface area (Å²) in [6.07, 6.45) is 7.32. The summed E-state index contributed by atoms with van der Waals surface area (Å²) in [5.74, 6) is 0.698. The van der Waals surface area contributed by atoms with Gasteiger partial charge in [0.2, 0.25) is 0 Å².